The van der Waals surface area contributed by atoms with Gasteiger partial charge in [-0.1, -0.05) is 19.1 Å². The van der Waals surface area contributed by atoms with Crippen LogP contribution in [0.2, 0.25) is 0 Å². The zero-order chi connectivity index (χ0) is 13.1. The molecule has 0 radical (unpaired) electrons. The molecule has 1 atom stereocenters. The highest BCUT2D eigenvalue weighted by Crippen LogP contribution is 2.21. The van der Waals surface area contributed by atoms with Crippen LogP contribution in [0.4, 0.5) is 5.69 Å². The van der Waals surface area contributed by atoms with Gasteiger partial charge in [0.15, 0.2) is 0 Å². The molecule has 4 nitrogen and oxygen atoms in total. The lowest BCUT2D eigenvalue weighted by Gasteiger charge is -2.33. The number of likely N-dealkylation sites (N-methyl/N-ethyl adjacent to an activating group) is 1. The molecular weight excluding hydrogens is 228 g/mol. The van der Waals surface area contributed by atoms with Crippen molar-refractivity contribution >= 4 is 11.6 Å². The van der Waals surface area contributed by atoms with Gasteiger partial charge in [-0.25, -0.2) is 0 Å². The summed E-state index contributed by atoms with van der Waals surface area (Å²) in [4.78, 5) is 15.5. The van der Waals surface area contributed by atoms with Crippen molar-refractivity contribution < 1.29 is 9.90 Å². The molecule has 0 aliphatic carbocycles. The molecule has 0 aromatic heterocycles. The number of carbonyl (C=O) groups excluding carboxylic acids is 1. The Hall–Kier alpha value is -1.55. The number of aliphatic hydroxyl groups excluding tert-OH is 1. The molecule has 2 rings (SSSR count). The molecule has 18 heavy (non-hydrogen) atoms. The Morgan fingerprint density at radius 2 is 1.94 bits per heavy atom. The lowest BCUT2D eigenvalue weighted by Crippen LogP contribution is -2.48. The highest BCUT2D eigenvalue weighted by atomic mass is 16.3. The standard InChI is InChI=1S/C14H20N2O2/c1-3-13(17)11-4-6-12(7-5-11)16-9-8-15(2)14(18)10-16/h4-7,13,17H,3,8-10H2,1-2H3/t13-/m0/s1. The molecule has 0 saturated carbocycles. The summed E-state index contributed by atoms with van der Waals surface area (Å²) in [5, 5.41) is 9.73. The molecule has 1 aliphatic heterocycles. The number of carbonyl (C=O) groups is 1. The highest BCUT2D eigenvalue weighted by molar-refractivity contribution is 5.82. The molecule has 0 bridgehead atoms. The molecule has 1 aliphatic rings. The second-order valence-corrected chi connectivity index (χ2v) is 4.75. The van der Waals surface area contributed by atoms with Crippen molar-refractivity contribution in [2.24, 2.45) is 0 Å². The Morgan fingerprint density at radius 3 is 2.50 bits per heavy atom. The quantitative estimate of drug-likeness (QED) is 0.879. The molecule has 0 unspecified atom stereocenters. The van der Waals surface area contributed by atoms with Crippen LogP contribution in [0.15, 0.2) is 24.3 Å². The molecule has 1 heterocycles. The molecule has 1 aromatic rings. The summed E-state index contributed by atoms with van der Waals surface area (Å²) in [5.74, 6) is 0.152. The van der Waals surface area contributed by atoms with Gasteiger partial charge in [-0.2, -0.15) is 0 Å². The minimum absolute atomic E-state index is 0.152. The van der Waals surface area contributed by atoms with Crippen LogP contribution >= 0.6 is 0 Å². The summed E-state index contributed by atoms with van der Waals surface area (Å²) in [6.07, 6.45) is 0.319. The lowest BCUT2D eigenvalue weighted by atomic mass is 10.1. The third-order valence-electron chi connectivity index (χ3n) is 3.49. The van der Waals surface area contributed by atoms with E-state index in [0.29, 0.717) is 13.0 Å². The SMILES string of the molecule is CC[C@H](O)c1ccc(N2CCN(C)C(=O)C2)cc1. The average molecular weight is 248 g/mol. The zero-order valence-corrected chi connectivity index (χ0v) is 11.0. The van der Waals surface area contributed by atoms with Gasteiger partial charge in [-0.3, -0.25) is 4.79 Å². The average Bonchev–Trinajstić information content (AvgIpc) is 2.41. The first kappa shape index (κ1) is 12.9. The number of nitrogens with zero attached hydrogens (tertiary/aromatic N) is 2. The maximum absolute atomic E-state index is 11.6. The van der Waals surface area contributed by atoms with Gasteiger partial charge in [-0.05, 0) is 24.1 Å². The van der Waals surface area contributed by atoms with E-state index in [1.54, 1.807) is 4.90 Å². The Kier molecular flexibility index (Phi) is 3.87. The van der Waals surface area contributed by atoms with Gasteiger partial charge in [0.2, 0.25) is 5.91 Å². The van der Waals surface area contributed by atoms with Gasteiger partial charge < -0.3 is 14.9 Å². The third-order valence-corrected chi connectivity index (χ3v) is 3.49. The Labute approximate surface area is 108 Å². The predicted octanol–water partition coefficient (Wildman–Crippen LogP) is 1.41. The van der Waals surface area contributed by atoms with Crippen LogP contribution < -0.4 is 4.90 Å². The fraction of sp³-hybridized carbons (Fsp3) is 0.500. The van der Waals surface area contributed by atoms with E-state index in [0.717, 1.165) is 24.3 Å². The van der Waals surface area contributed by atoms with Gasteiger partial charge in [0, 0.05) is 25.8 Å². The van der Waals surface area contributed by atoms with E-state index in [1.165, 1.54) is 0 Å². The van der Waals surface area contributed by atoms with E-state index in [2.05, 4.69) is 4.90 Å². The van der Waals surface area contributed by atoms with Crippen molar-refractivity contribution in [2.45, 2.75) is 19.4 Å². The molecular formula is C14H20N2O2. The Balaban J connectivity index is 2.08. The van der Waals surface area contributed by atoms with Crippen LogP contribution in [-0.4, -0.2) is 42.6 Å². The normalized spacial score (nSPS) is 18.1. The van der Waals surface area contributed by atoms with Crippen molar-refractivity contribution in [1.82, 2.24) is 4.90 Å². The van der Waals surface area contributed by atoms with Gasteiger partial charge in [-0.15, -0.1) is 0 Å². The fourth-order valence-corrected chi connectivity index (χ4v) is 2.12. The second kappa shape index (κ2) is 5.40. The zero-order valence-electron chi connectivity index (χ0n) is 11.0. The number of rotatable bonds is 3. The number of piperazine rings is 1. The van der Waals surface area contributed by atoms with Crippen molar-refractivity contribution in [3.05, 3.63) is 29.8 Å². The van der Waals surface area contributed by atoms with Crippen molar-refractivity contribution in [2.75, 3.05) is 31.6 Å². The van der Waals surface area contributed by atoms with Crippen LogP contribution in [0.5, 0.6) is 0 Å². The first-order valence-electron chi connectivity index (χ1n) is 6.38. The van der Waals surface area contributed by atoms with Crippen LogP contribution in [0.25, 0.3) is 0 Å². The van der Waals surface area contributed by atoms with Gasteiger partial charge in [0.25, 0.3) is 0 Å². The summed E-state index contributed by atoms with van der Waals surface area (Å²) in [5.41, 5.74) is 1.98. The third kappa shape index (κ3) is 2.64. The number of amides is 1. The molecule has 1 aromatic carbocycles. The molecule has 1 N–H and O–H groups in total. The smallest absolute Gasteiger partial charge is 0.241 e. The van der Waals surface area contributed by atoms with E-state index >= 15 is 0 Å². The van der Waals surface area contributed by atoms with Gasteiger partial charge in [0.1, 0.15) is 0 Å². The van der Waals surface area contributed by atoms with Crippen molar-refractivity contribution in [3.8, 4) is 0 Å². The summed E-state index contributed by atoms with van der Waals surface area (Å²) in [6, 6.07) is 7.83. The van der Waals surface area contributed by atoms with Crippen LogP contribution in [-0.2, 0) is 4.79 Å². The minimum Gasteiger partial charge on any atom is -0.388 e. The Bertz CT molecular complexity index is 416. The topological polar surface area (TPSA) is 43.8 Å². The summed E-state index contributed by atoms with van der Waals surface area (Å²) >= 11 is 0. The lowest BCUT2D eigenvalue weighted by molar-refractivity contribution is -0.129. The predicted molar refractivity (Wildman–Crippen MR) is 71.5 cm³/mol. The van der Waals surface area contributed by atoms with E-state index in [-0.39, 0.29) is 5.91 Å². The number of aliphatic hydroxyl groups is 1. The fourth-order valence-electron chi connectivity index (χ4n) is 2.12. The maximum atomic E-state index is 11.6. The number of anilines is 1. The number of hydrogen-bond donors (Lipinski definition) is 1. The molecule has 0 spiro atoms. The monoisotopic (exact) mass is 248 g/mol. The maximum Gasteiger partial charge on any atom is 0.241 e. The molecule has 1 amide bonds. The van der Waals surface area contributed by atoms with E-state index < -0.39 is 6.10 Å². The van der Waals surface area contributed by atoms with Gasteiger partial charge >= 0.3 is 0 Å². The largest absolute Gasteiger partial charge is 0.388 e. The first-order chi connectivity index (χ1) is 8.61. The van der Waals surface area contributed by atoms with Crippen molar-refractivity contribution in [1.29, 1.82) is 0 Å². The van der Waals surface area contributed by atoms with E-state index in [9.17, 15) is 9.90 Å². The van der Waals surface area contributed by atoms with Crippen molar-refractivity contribution in [3.63, 3.8) is 0 Å². The van der Waals surface area contributed by atoms with E-state index in [1.807, 2.05) is 38.2 Å². The second-order valence-electron chi connectivity index (χ2n) is 4.75. The molecule has 98 valence electrons. The van der Waals surface area contributed by atoms with Crippen LogP contribution in [0.3, 0.4) is 0 Å². The summed E-state index contributed by atoms with van der Waals surface area (Å²) in [7, 11) is 1.83. The number of benzene rings is 1. The van der Waals surface area contributed by atoms with Crippen LogP contribution in [0, 0.1) is 0 Å². The summed E-state index contributed by atoms with van der Waals surface area (Å²) < 4.78 is 0. The summed E-state index contributed by atoms with van der Waals surface area (Å²) in [6.45, 7) is 4.01. The minimum atomic E-state index is -0.395. The first-order valence-corrected chi connectivity index (χ1v) is 6.38. The Morgan fingerprint density at radius 1 is 1.28 bits per heavy atom. The molecule has 1 fully saturated rings. The van der Waals surface area contributed by atoms with Gasteiger partial charge in [0.05, 0.1) is 12.6 Å². The highest BCUT2D eigenvalue weighted by Gasteiger charge is 2.21. The van der Waals surface area contributed by atoms with E-state index in [4.69, 9.17) is 0 Å². The molecule has 1 saturated heterocycles. The van der Waals surface area contributed by atoms with Crippen LogP contribution in [0.1, 0.15) is 25.0 Å². The number of hydrogen-bond acceptors (Lipinski definition) is 3. The molecule has 4 heteroatoms.